The summed E-state index contributed by atoms with van der Waals surface area (Å²) in [5.74, 6) is 0. The van der Waals surface area contributed by atoms with Crippen molar-refractivity contribution >= 4 is 11.3 Å². The van der Waals surface area contributed by atoms with Crippen LogP contribution in [-0.4, -0.2) is 19.6 Å². The van der Waals surface area contributed by atoms with Crippen molar-refractivity contribution in [3.8, 4) is 11.3 Å². The van der Waals surface area contributed by atoms with Gasteiger partial charge in [-0.2, -0.15) is 0 Å². The van der Waals surface area contributed by atoms with Gasteiger partial charge in [-0.1, -0.05) is 30.3 Å². The van der Waals surface area contributed by atoms with Crippen molar-refractivity contribution in [1.82, 2.24) is 19.6 Å². The molecule has 16 heavy (non-hydrogen) atoms. The van der Waals surface area contributed by atoms with Crippen molar-refractivity contribution in [2.75, 3.05) is 5.73 Å². The van der Waals surface area contributed by atoms with E-state index in [9.17, 15) is 0 Å². The topological polar surface area (TPSA) is 69.1 Å². The van der Waals surface area contributed by atoms with E-state index in [1.165, 1.54) is 0 Å². The third-order valence-corrected chi connectivity index (χ3v) is 2.43. The van der Waals surface area contributed by atoms with Crippen LogP contribution in [0.3, 0.4) is 0 Å². The van der Waals surface area contributed by atoms with E-state index >= 15 is 0 Å². The quantitative estimate of drug-likeness (QED) is 0.660. The second-order valence-corrected chi connectivity index (χ2v) is 3.43. The number of aromatic nitrogens is 4. The molecule has 5 heteroatoms. The Labute approximate surface area is 91.6 Å². The van der Waals surface area contributed by atoms with E-state index in [0.29, 0.717) is 11.3 Å². The average Bonchev–Trinajstić information content (AvgIpc) is 2.80. The Kier molecular flexibility index (Phi) is 1.83. The van der Waals surface area contributed by atoms with Gasteiger partial charge in [0.05, 0.1) is 5.69 Å². The molecule has 0 unspecified atom stereocenters. The van der Waals surface area contributed by atoms with Gasteiger partial charge in [0.25, 0.3) is 0 Å². The Balaban J connectivity index is 2.28. The molecule has 5 nitrogen and oxygen atoms in total. The average molecular weight is 211 g/mol. The van der Waals surface area contributed by atoms with E-state index in [4.69, 9.17) is 5.73 Å². The van der Waals surface area contributed by atoms with E-state index in [0.717, 1.165) is 11.3 Å². The number of nitrogen functional groups attached to an aromatic ring is 1. The summed E-state index contributed by atoms with van der Waals surface area (Å²) in [4.78, 5) is 4.31. The number of anilines is 1. The molecule has 0 amide bonds. The second-order valence-electron chi connectivity index (χ2n) is 3.43. The van der Waals surface area contributed by atoms with Crippen molar-refractivity contribution in [3.63, 3.8) is 0 Å². The summed E-state index contributed by atoms with van der Waals surface area (Å²) in [5.41, 5.74) is 8.90. The molecule has 0 radical (unpaired) electrons. The lowest BCUT2D eigenvalue weighted by Crippen LogP contribution is -1.98. The lowest BCUT2D eigenvalue weighted by Gasteiger charge is -2.04. The van der Waals surface area contributed by atoms with Crippen LogP contribution in [0, 0.1) is 0 Å². The highest BCUT2D eigenvalue weighted by Crippen LogP contribution is 2.25. The minimum atomic E-state index is 0.547. The number of rotatable bonds is 1. The van der Waals surface area contributed by atoms with Gasteiger partial charge in [-0.05, 0) is 0 Å². The zero-order valence-corrected chi connectivity index (χ0v) is 8.41. The molecule has 0 spiro atoms. The van der Waals surface area contributed by atoms with Gasteiger partial charge < -0.3 is 5.73 Å². The van der Waals surface area contributed by atoms with Crippen LogP contribution >= 0.6 is 0 Å². The fourth-order valence-electron chi connectivity index (χ4n) is 1.64. The summed E-state index contributed by atoms with van der Waals surface area (Å²) < 4.78 is 1.70. The van der Waals surface area contributed by atoms with Crippen molar-refractivity contribution < 1.29 is 0 Å². The minimum Gasteiger partial charge on any atom is -0.394 e. The van der Waals surface area contributed by atoms with Crippen LogP contribution in [0.25, 0.3) is 16.9 Å². The summed E-state index contributed by atoms with van der Waals surface area (Å²) in [6, 6.07) is 9.78. The molecule has 0 bridgehead atoms. The maximum Gasteiger partial charge on any atom is 0.187 e. The first-order chi connectivity index (χ1) is 7.86. The van der Waals surface area contributed by atoms with Crippen molar-refractivity contribution in [2.45, 2.75) is 0 Å². The Hall–Kier alpha value is -2.43. The lowest BCUT2D eigenvalue weighted by molar-refractivity contribution is 1.07. The number of fused-ring (bicyclic) bond motifs is 1. The van der Waals surface area contributed by atoms with Gasteiger partial charge >= 0.3 is 0 Å². The van der Waals surface area contributed by atoms with Gasteiger partial charge in [0.15, 0.2) is 5.65 Å². The van der Waals surface area contributed by atoms with Crippen molar-refractivity contribution in [2.24, 2.45) is 0 Å². The SMILES string of the molecule is Nc1c(-c2ccccc2)ncn2cnnc12. The first-order valence-corrected chi connectivity index (χ1v) is 4.85. The molecule has 1 aromatic carbocycles. The summed E-state index contributed by atoms with van der Waals surface area (Å²) in [6.07, 6.45) is 3.24. The predicted octanol–water partition coefficient (Wildman–Crippen LogP) is 1.37. The smallest absolute Gasteiger partial charge is 0.187 e. The number of nitrogens with zero attached hydrogens (tertiary/aromatic N) is 4. The summed E-state index contributed by atoms with van der Waals surface area (Å²) >= 11 is 0. The molecule has 0 saturated heterocycles. The molecule has 0 fully saturated rings. The summed E-state index contributed by atoms with van der Waals surface area (Å²) in [5, 5.41) is 7.74. The van der Waals surface area contributed by atoms with Crippen LogP contribution < -0.4 is 5.73 Å². The van der Waals surface area contributed by atoms with Gasteiger partial charge in [-0.25, -0.2) is 4.98 Å². The molecular weight excluding hydrogens is 202 g/mol. The normalized spacial score (nSPS) is 10.8. The molecule has 0 aliphatic heterocycles. The fraction of sp³-hybridized carbons (Fsp3) is 0. The maximum absolute atomic E-state index is 6.01. The molecule has 2 heterocycles. The Morgan fingerprint density at radius 3 is 2.69 bits per heavy atom. The highest BCUT2D eigenvalue weighted by Gasteiger charge is 2.09. The second kappa shape index (κ2) is 3.30. The van der Waals surface area contributed by atoms with Crippen LogP contribution in [0.1, 0.15) is 0 Å². The van der Waals surface area contributed by atoms with E-state index in [1.54, 1.807) is 17.1 Å². The van der Waals surface area contributed by atoms with Gasteiger partial charge in [0.1, 0.15) is 18.3 Å². The van der Waals surface area contributed by atoms with Crippen LogP contribution in [0.15, 0.2) is 43.0 Å². The van der Waals surface area contributed by atoms with Gasteiger partial charge in [-0.15, -0.1) is 10.2 Å². The fourth-order valence-corrected chi connectivity index (χ4v) is 1.64. The Morgan fingerprint density at radius 2 is 1.88 bits per heavy atom. The first-order valence-electron chi connectivity index (χ1n) is 4.85. The maximum atomic E-state index is 6.01. The summed E-state index contributed by atoms with van der Waals surface area (Å²) in [7, 11) is 0. The highest BCUT2D eigenvalue weighted by molar-refractivity contribution is 5.81. The zero-order valence-electron chi connectivity index (χ0n) is 8.41. The Morgan fingerprint density at radius 1 is 1.06 bits per heavy atom. The molecule has 2 N–H and O–H groups in total. The van der Waals surface area contributed by atoms with Crippen LogP contribution in [0.4, 0.5) is 5.69 Å². The molecule has 2 aromatic heterocycles. The van der Waals surface area contributed by atoms with E-state index in [1.807, 2.05) is 30.3 Å². The Bertz CT molecular complexity index is 629. The first kappa shape index (κ1) is 8.84. The van der Waals surface area contributed by atoms with Crippen LogP contribution in [0.5, 0.6) is 0 Å². The van der Waals surface area contributed by atoms with E-state index in [2.05, 4.69) is 15.2 Å². The molecule has 0 atom stereocenters. The predicted molar refractivity (Wildman–Crippen MR) is 60.6 cm³/mol. The zero-order chi connectivity index (χ0) is 11.0. The molecular formula is C11H9N5. The number of hydrogen-bond donors (Lipinski definition) is 1. The highest BCUT2D eigenvalue weighted by atomic mass is 15.2. The number of hydrogen-bond acceptors (Lipinski definition) is 4. The summed E-state index contributed by atoms with van der Waals surface area (Å²) in [6.45, 7) is 0. The van der Waals surface area contributed by atoms with Gasteiger partial charge in [-0.3, -0.25) is 4.40 Å². The van der Waals surface area contributed by atoms with Gasteiger partial charge in [0, 0.05) is 5.56 Å². The van der Waals surface area contributed by atoms with E-state index < -0.39 is 0 Å². The third-order valence-electron chi connectivity index (χ3n) is 2.43. The van der Waals surface area contributed by atoms with E-state index in [-0.39, 0.29) is 0 Å². The third kappa shape index (κ3) is 1.22. The molecule has 78 valence electrons. The van der Waals surface area contributed by atoms with Crippen LogP contribution in [0.2, 0.25) is 0 Å². The lowest BCUT2D eigenvalue weighted by atomic mass is 10.1. The van der Waals surface area contributed by atoms with Crippen molar-refractivity contribution in [3.05, 3.63) is 43.0 Å². The van der Waals surface area contributed by atoms with Crippen LogP contribution in [-0.2, 0) is 0 Å². The molecule has 3 aromatic rings. The monoisotopic (exact) mass is 211 g/mol. The molecule has 3 rings (SSSR count). The minimum absolute atomic E-state index is 0.547. The molecule has 0 aliphatic rings. The molecule has 0 saturated carbocycles. The number of benzene rings is 1. The van der Waals surface area contributed by atoms with Gasteiger partial charge in [0.2, 0.25) is 0 Å². The standard InChI is InChI=1S/C11H9N5/c12-9-10(8-4-2-1-3-5-8)13-6-16-7-14-15-11(9)16/h1-7H,12H2. The molecule has 0 aliphatic carbocycles. The largest absolute Gasteiger partial charge is 0.394 e. The van der Waals surface area contributed by atoms with Crippen molar-refractivity contribution in [1.29, 1.82) is 0 Å². The number of nitrogens with two attached hydrogens (primary N) is 1.